The average Bonchev–Trinajstić information content (AvgIpc) is 3.30. The van der Waals surface area contributed by atoms with E-state index < -0.39 is 23.7 Å². The molecule has 0 bridgehead atoms. The van der Waals surface area contributed by atoms with Gasteiger partial charge in [-0.05, 0) is 76.4 Å². The van der Waals surface area contributed by atoms with Crippen LogP contribution in [0.15, 0.2) is 12.1 Å². The lowest BCUT2D eigenvalue weighted by Gasteiger charge is -2.29. The number of aliphatic hydroxyl groups excluding tert-OH is 1. The largest absolute Gasteiger partial charge is 0.384 e. The summed E-state index contributed by atoms with van der Waals surface area (Å²) in [6.07, 6.45) is 5.64. The molecule has 0 unspecified atom stereocenters. The minimum atomic E-state index is -1.30. The molecule has 202 valence electrons. The summed E-state index contributed by atoms with van der Waals surface area (Å²) in [4.78, 5) is 45.9. The summed E-state index contributed by atoms with van der Waals surface area (Å²) >= 11 is 0. The van der Waals surface area contributed by atoms with Gasteiger partial charge in [-0.3, -0.25) is 14.4 Å². The summed E-state index contributed by atoms with van der Waals surface area (Å²) in [5, 5.41) is 14.4. The number of aromatic nitrogens is 1. The number of hydrogen-bond donors (Lipinski definition) is 4. The Hall–Kier alpha value is -3.50. The number of nitrogens with zero attached hydrogens (tertiary/aromatic N) is 2. The molecule has 0 saturated carbocycles. The number of H-pyrrole nitrogens is 1. The van der Waals surface area contributed by atoms with Crippen molar-refractivity contribution in [3.8, 4) is 0 Å². The first-order chi connectivity index (χ1) is 18.2. The second kappa shape index (κ2) is 10.7. The smallest absolute Gasteiger partial charge is 0.256 e. The van der Waals surface area contributed by atoms with Gasteiger partial charge in [-0.2, -0.15) is 0 Å². The van der Waals surface area contributed by atoms with Gasteiger partial charge in [0, 0.05) is 36.6 Å². The fraction of sp³-hybridized carbons (Fsp3) is 0.464. The number of anilines is 2. The van der Waals surface area contributed by atoms with Crippen molar-refractivity contribution < 1.29 is 23.9 Å². The molecular weight excluding hydrogens is 489 g/mol. The minimum Gasteiger partial charge on any atom is -0.384 e. The van der Waals surface area contributed by atoms with E-state index in [4.69, 9.17) is 0 Å². The predicted molar refractivity (Wildman–Crippen MR) is 143 cm³/mol. The molecule has 0 spiro atoms. The van der Waals surface area contributed by atoms with Crippen molar-refractivity contribution in [3.05, 3.63) is 46.0 Å². The molecule has 3 aliphatic rings. The van der Waals surface area contributed by atoms with E-state index >= 15 is 0 Å². The van der Waals surface area contributed by atoms with Crippen LogP contribution in [0.25, 0.3) is 11.6 Å². The van der Waals surface area contributed by atoms with Crippen molar-refractivity contribution in [1.29, 1.82) is 0 Å². The maximum absolute atomic E-state index is 14.8. The monoisotopic (exact) mass is 523 g/mol. The van der Waals surface area contributed by atoms with Gasteiger partial charge in [0.1, 0.15) is 11.9 Å². The number of carbonyl (C=O) groups excluding carboxylic acids is 3. The SMILES string of the molecule is Cc1c(/C=C2\C(=O)Nc3cc(NC(=O)[C@H](C)O)c(F)cc32)[nH]c2c1C(=O)N(CCN1CCCCC1)CCC2. The van der Waals surface area contributed by atoms with Crippen LogP contribution in [-0.2, 0) is 16.0 Å². The molecule has 1 atom stereocenters. The van der Waals surface area contributed by atoms with Crippen LogP contribution in [-0.4, -0.2) is 76.4 Å². The number of carbonyl (C=O) groups is 3. The van der Waals surface area contributed by atoms with Gasteiger partial charge in [-0.15, -0.1) is 0 Å². The van der Waals surface area contributed by atoms with Crippen molar-refractivity contribution in [1.82, 2.24) is 14.8 Å². The highest BCUT2D eigenvalue weighted by molar-refractivity contribution is 6.35. The summed E-state index contributed by atoms with van der Waals surface area (Å²) in [5.41, 5.74) is 3.79. The van der Waals surface area contributed by atoms with Crippen LogP contribution in [0.2, 0.25) is 0 Å². The molecule has 3 amide bonds. The van der Waals surface area contributed by atoms with E-state index in [1.807, 2.05) is 11.8 Å². The molecule has 5 rings (SSSR count). The Morgan fingerprint density at radius 2 is 1.92 bits per heavy atom. The number of aromatic amines is 1. The topological polar surface area (TPSA) is 118 Å². The molecule has 1 aromatic carbocycles. The van der Waals surface area contributed by atoms with Crippen LogP contribution in [0.5, 0.6) is 0 Å². The third-order valence-corrected chi connectivity index (χ3v) is 7.67. The molecule has 9 nitrogen and oxygen atoms in total. The summed E-state index contributed by atoms with van der Waals surface area (Å²) in [7, 11) is 0. The molecule has 1 saturated heterocycles. The van der Waals surface area contributed by atoms with Crippen molar-refractivity contribution in [2.24, 2.45) is 0 Å². The zero-order valence-electron chi connectivity index (χ0n) is 21.8. The molecular formula is C28H34FN5O4. The van der Waals surface area contributed by atoms with E-state index in [-0.39, 0.29) is 17.2 Å². The summed E-state index contributed by atoms with van der Waals surface area (Å²) in [6, 6.07) is 2.53. The number of rotatable bonds is 6. The number of aryl methyl sites for hydroxylation is 1. The molecule has 1 fully saturated rings. The van der Waals surface area contributed by atoms with Crippen molar-refractivity contribution in [3.63, 3.8) is 0 Å². The molecule has 0 aliphatic carbocycles. The number of likely N-dealkylation sites (tertiary alicyclic amines) is 1. The van der Waals surface area contributed by atoms with Crippen LogP contribution < -0.4 is 10.6 Å². The molecule has 38 heavy (non-hydrogen) atoms. The zero-order valence-corrected chi connectivity index (χ0v) is 21.8. The Labute approximate surface area is 221 Å². The van der Waals surface area contributed by atoms with Gasteiger partial charge in [0.15, 0.2) is 0 Å². The number of nitrogens with one attached hydrogen (secondary N) is 3. The van der Waals surface area contributed by atoms with Crippen LogP contribution in [0.4, 0.5) is 15.8 Å². The van der Waals surface area contributed by atoms with E-state index in [0.29, 0.717) is 35.6 Å². The quantitative estimate of drug-likeness (QED) is 0.434. The first kappa shape index (κ1) is 26.1. The molecule has 4 N–H and O–H groups in total. The van der Waals surface area contributed by atoms with Crippen LogP contribution >= 0.6 is 0 Å². The number of aliphatic hydroxyl groups is 1. The van der Waals surface area contributed by atoms with Gasteiger partial charge >= 0.3 is 0 Å². The normalized spacial score (nSPS) is 19.7. The zero-order chi connectivity index (χ0) is 27.0. The first-order valence-corrected chi connectivity index (χ1v) is 13.3. The van der Waals surface area contributed by atoms with E-state index in [9.17, 15) is 23.9 Å². The Kier molecular flexibility index (Phi) is 7.36. The second-order valence-corrected chi connectivity index (χ2v) is 10.4. The summed E-state index contributed by atoms with van der Waals surface area (Å²) < 4.78 is 14.8. The highest BCUT2D eigenvalue weighted by atomic mass is 19.1. The Morgan fingerprint density at radius 3 is 2.66 bits per heavy atom. The van der Waals surface area contributed by atoms with Gasteiger partial charge in [0.05, 0.1) is 22.5 Å². The highest BCUT2D eigenvalue weighted by Gasteiger charge is 2.30. The third kappa shape index (κ3) is 5.10. The predicted octanol–water partition coefficient (Wildman–Crippen LogP) is 3.15. The van der Waals surface area contributed by atoms with Crippen LogP contribution in [0.3, 0.4) is 0 Å². The molecule has 10 heteroatoms. The first-order valence-electron chi connectivity index (χ1n) is 13.3. The maximum Gasteiger partial charge on any atom is 0.256 e. The summed E-state index contributed by atoms with van der Waals surface area (Å²) in [5.74, 6) is -1.87. The number of halogens is 1. The van der Waals surface area contributed by atoms with Crippen molar-refractivity contribution in [2.75, 3.05) is 43.4 Å². The lowest BCUT2D eigenvalue weighted by molar-refractivity contribution is -0.123. The Balaban J connectivity index is 1.40. The van der Waals surface area contributed by atoms with Crippen LogP contribution in [0, 0.1) is 12.7 Å². The van der Waals surface area contributed by atoms with E-state index in [1.54, 1.807) is 6.08 Å². The second-order valence-electron chi connectivity index (χ2n) is 10.4. The third-order valence-electron chi connectivity index (χ3n) is 7.67. The number of amides is 3. The van der Waals surface area contributed by atoms with Crippen molar-refractivity contribution >= 4 is 40.7 Å². The fourth-order valence-electron chi connectivity index (χ4n) is 5.50. The summed E-state index contributed by atoms with van der Waals surface area (Å²) in [6.45, 7) is 7.62. The number of benzene rings is 1. The molecule has 2 aromatic rings. The van der Waals surface area contributed by atoms with Gasteiger partial charge in [0.2, 0.25) is 0 Å². The van der Waals surface area contributed by atoms with Crippen molar-refractivity contribution in [2.45, 2.75) is 52.1 Å². The van der Waals surface area contributed by atoms with Gasteiger partial charge < -0.3 is 30.5 Å². The van der Waals surface area contributed by atoms with Gasteiger partial charge in [-0.1, -0.05) is 6.42 Å². The minimum absolute atomic E-state index is 0.00808. The van der Waals surface area contributed by atoms with Gasteiger partial charge in [-0.25, -0.2) is 4.39 Å². The molecule has 0 radical (unpaired) electrons. The molecule has 1 aromatic heterocycles. The van der Waals surface area contributed by atoms with Gasteiger partial charge in [0.25, 0.3) is 17.7 Å². The Morgan fingerprint density at radius 1 is 1.16 bits per heavy atom. The highest BCUT2D eigenvalue weighted by Crippen LogP contribution is 2.37. The standard InChI is InChI=1S/C28H34FN5O4/c1-16-22(14-19-18-13-20(29)24(32-26(36)17(2)35)15-23(18)31-27(19)37)30-21-7-6-10-34(28(38)25(16)21)12-11-33-8-4-3-5-9-33/h13-15,17,30,35H,3-12H2,1-2H3,(H,31,37)(H,32,36)/b19-14-/t17-/m0/s1. The number of piperidine rings is 1. The maximum atomic E-state index is 14.8. The molecule has 3 aliphatic heterocycles. The average molecular weight is 524 g/mol. The lowest BCUT2D eigenvalue weighted by atomic mass is 10.0. The lowest BCUT2D eigenvalue weighted by Crippen LogP contribution is -2.40. The number of fused-ring (bicyclic) bond motifs is 2. The fourth-order valence-corrected chi connectivity index (χ4v) is 5.50. The Bertz CT molecular complexity index is 1310. The van der Waals surface area contributed by atoms with E-state index in [1.165, 1.54) is 38.3 Å². The van der Waals surface area contributed by atoms with E-state index in [0.717, 1.165) is 43.7 Å². The number of hydrogen-bond acceptors (Lipinski definition) is 5. The van der Waals surface area contributed by atoms with Crippen LogP contribution in [0.1, 0.15) is 65.5 Å². The molecule has 4 heterocycles. The van der Waals surface area contributed by atoms with E-state index in [2.05, 4.69) is 20.5 Å².